The molecule has 2 aliphatic heterocycles. The molecule has 0 bridgehead atoms. The number of hydrogen-bond donors (Lipinski definition) is 0. The Hall–Kier alpha value is -1.45. The van der Waals surface area contributed by atoms with Crippen LogP contribution < -0.4 is 4.46 Å². The topological polar surface area (TPSA) is 81.7 Å². The summed E-state index contributed by atoms with van der Waals surface area (Å²) in [4.78, 5) is 11.4. The Balaban J connectivity index is 1.67. The van der Waals surface area contributed by atoms with Gasteiger partial charge in [-0.1, -0.05) is 0 Å². The van der Waals surface area contributed by atoms with Crippen molar-refractivity contribution in [1.29, 1.82) is 0 Å². The van der Waals surface area contributed by atoms with Crippen LogP contribution in [0.25, 0.3) is 0 Å². The minimum absolute atomic E-state index is 0.0229. The Morgan fingerprint density at radius 3 is 2.56 bits per heavy atom. The van der Waals surface area contributed by atoms with Gasteiger partial charge >= 0.3 is 208 Å². The number of rotatable bonds is 13. The van der Waals surface area contributed by atoms with Crippen LogP contribution in [0.5, 0.6) is 0 Å². The van der Waals surface area contributed by atoms with E-state index in [1.807, 2.05) is 6.07 Å². The third-order valence-electron chi connectivity index (χ3n) is 5.66. The molecule has 0 amide bonds. The summed E-state index contributed by atoms with van der Waals surface area (Å²) < 4.78 is 41.2. The second-order valence-electron chi connectivity index (χ2n) is 8.15. The van der Waals surface area contributed by atoms with Crippen LogP contribution in [0.1, 0.15) is 32.1 Å². The van der Waals surface area contributed by atoms with Crippen molar-refractivity contribution in [2.24, 2.45) is 0 Å². The summed E-state index contributed by atoms with van der Waals surface area (Å²) in [6.45, 7) is 2.07. The predicted molar refractivity (Wildman–Crippen MR) is 127 cm³/mol. The molecule has 2 fully saturated rings. The van der Waals surface area contributed by atoms with Crippen LogP contribution in [0, 0.1) is 0 Å². The van der Waals surface area contributed by atoms with Gasteiger partial charge in [-0.2, -0.15) is 0 Å². The third kappa shape index (κ3) is 9.30. The molecule has 190 valence electrons. The van der Waals surface area contributed by atoms with Crippen LogP contribution in [-0.2, 0) is 38.0 Å². The molecule has 0 radical (unpaired) electrons. The zero-order chi connectivity index (χ0) is 24.0. The SMILES string of the molecule is COCOC[C@H]1OCCC[C@@H]1O[C@H](C[C@@H]1OCCC[C@H]1O/C=C/C(=O)OC)[Se]c1ccccc1. The fraction of sp³-hybridized carbons (Fsp3) is 0.640. The third-order valence-corrected chi connectivity index (χ3v) is 7.99. The summed E-state index contributed by atoms with van der Waals surface area (Å²) >= 11 is 0.0733. The second-order valence-corrected chi connectivity index (χ2v) is 10.7. The Morgan fingerprint density at radius 2 is 1.82 bits per heavy atom. The van der Waals surface area contributed by atoms with Crippen molar-refractivity contribution in [1.82, 2.24) is 0 Å². The summed E-state index contributed by atoms with van der Waals surface area (Å²) in [5, 5.41) is -0.0229. The Labute approximate surface area is 208 Å². The van der Waals surface area contributed by atoms with Crippen LogP contribution >= 0.6 is 0 Å². The quantitative estimate of drug-likeness (QED) is 0.0936. The zero-order valence-corrected chi connectivity index (χ0v) is 21.7. The molecule has 0 N–H and O–H groups in total. The van der Waals surface area contributed by atoms with E-state index >= 15 is 0 Å². The molecule has 2 aliphatic rings. The summed E-state index contributed by atoms with van der Waals surface area (Å²) in [5.74, 6) is -0.444. The molecular weight excluding hydrogens is 507 g/mol. The summed E-state index contributed by atoms with van der Waals surface area (Å²) in [7, 11) is 2.95. The maximum absolute atomic E-state index is 11.4. The van der Waals surface area contributed by atoms with E-state index in [0.29, 0.717) is 26.2 Å². The fourth-order valence-corrected chi connectivity index (χ4v) is 6.30. The van der Waals surface area contributed by atoms with Gasteiger partial charge in [0.2, 0.25) is 0 Å². The first-order chi connectivity index (χ1) is 16.7. The van der Waals surface area contributed by atoms with Gasteiger partial charge in [0.25, 0.3) is 0 Å². The van der Waals surface area contributed by atoms with E-state index in [2.05, 4.69) is 29.0 Å². The maximum atomic E-state index is 11.4. The van der Waals surface area contributed by atoms with Gasteiger partial charge in [0.15, 0.2) is 0 Å². The summed E-state index contributed by atoms with van der Waals surface area (Å²) in [5.41, 5.74) is 0. The molecule has 0 aromatic heterocycles. The Morgan fingerprint density at radius 1 is 1.09 bits per heavy atom. The van der Waals surface area contributed by atoms with Gasteiger partial charge in [0.05, 0.1) is 0 Å². The summed E-state index contributed by atoms with van der Waals surface area (Å²) in [6.07, 6.45) is 6.62. The van der Waals surface area contributed by atoms with Crippen LogP contribution in [0.2, 0.25) is 0 Å². The van der Waals surface area contributed by atoms with E-state index in [1.165, 1.54) is 23.9 Å². The predicted octanol–water partition coefficient (Wildman–Crippen LogP) is 2.17. The molecule has 1 aromatic rings. The van der Waals surface area contributed by atoms with Crippen molar-refractivity contribution >= 4 is 25.4 Å². The number of carbonyl (C=O) groups is 1. The Bertz CT molecular complexity index is 731. The van der Waals surface area contributed by atoms with Crippen LogP contribution in [0.15, 0.2) is 42.7 Å². The van der Waals surface area contributed by atoms with Crippen LogP contribution in [0.4, 0.5) is 0 Å². The number of benzene rings is 1. The van der Waals surface area contributed by atoms with Crippen molar-refractivity contribution < 1.29 is 38.0 Å². The second kappa shape index (κ2) is 15.5. The first-order valence-corrected chi connectivity index (χ1v) is 13.6. The van der Waals surface area contributed by atoms with E-state index < -0.39 is 5.97 Å². The van der Waals surface area contributed by atoms with Gasteiger partial charge < -0.3 is 0 Å². The molecule has 8 nitrogen and oxygen atoms in total. The number of hydrogen-bond acceptors (Lipinski definition) is 8. The van der Waals surface area contributed by atoms with E-state index in [0.717, 1.165) is 25.7 Å². The molecule has 0 spiro atoms. The molecule has 2 saturated heterocycles. The fourth-order valence-electron chi connectivity index (χ4n) is 3.99. The standard InChI is InChI=1S/C25H36O8Se/c1-27-18-29-17-23-21(11-7-14-31-23)33-25(34-19-8-4-3-5-9-19)16-22-20(10-6-13-30-22)32-15-12-24(26)28-2/h3-5,8-9,12,15,20-23,25H,6-7,10-11,13-14,16-18H2,1-2H3/b15-12+/t20-,21+,22+,23-,25+/m1/s1. The summed E-state index contributed by atoms with van der Waals surface area (Å²) in [6, 6.07) is 10.4. The molecule has 0 saturated carbocycles. The normalized spacial score (nSPS) is 26.3. The molecule has 34 heavy (non-hydrogen) atoms. The van der Waals surface area contributed by atoms with Gasteiger partial charge in [0, 0.05) is 0 Å². The molecular formula is C25H36O8Se. The average molecular weight is 544 g/mol. The molecule has 0 unspecified atom stereocenters. The van der Waals surface area contributed by atoms with Crippen molar-refractivity contribution in [3.05, 3.63) is 42.7 Å². The van der Waals surface area contributed by atoms with Gasteiger partial charge in [-0.3, -0.25) is 0 Å². The van der Waals surface area contributed by atoms with Crippen molar-refractivity contribution in [2.45, 2.75) is 61.5 Å². The molecule has 2 heterocycles. The van der Waals surface area contributed by atoms with Crippen molar-refractivity contribution in [2.75, 3.05) is 40.8 Å². The number of esters is 1. The van der Waals surface area contributed by atoms with E-state index in [4.69, 9.17) is 28.4 Å². The van der Waals surface area contributed by atoms with Crippen LogP contribution in [0.3, 0.4) is 0 Å². The van der Waals surface area contributed by atoms with Gasteiger partial charge in [-0.05, 0) is 0 Å². The van der Waals surface area contributed by atoms with E-state index in [-0.39, 0.29) is 51.2 Å². The molecule has 1 aromatic carbocycles. The number of ether oxygens (including phenoxy) is 7. The minimum atomic E-state index is -0.444. The first-order valence-electron chi connectivity index (χ1n) is 11.8. The monoisotopic (exact) mass is 544 g/mol. The molecule has 5 atom stereocenters. The number of carbonyl (C=O) groups excluding carboxylic acids is 1. The van der Waals surface area contributed by atoms with Gasteiger partial charge in [0.1, 0.15) is 0 Å². The van der Waals surface area contributed by atoms with Crippen molar-refractivity contribution in [3.63, 3.8) is 0 Å². The van der Waals surface area contributed by atoms with Gasteiger partial charge in [-0.25, -0.2) is 0 Å². The first kappa shape index (κ1) is 27.1. The zero-order valence-electron chi connectivity index (χ0n) is 20.0. The van der Waals surface area contributed by atoms with E-state index in [9.17, 15) is 4.79 Å². The van der Waals surface area contributed by atoms with Crippen LogP contribution in [-0.4, -0.2) is 91.2 Å². The number of methoxy groups -OCH3 is 2. The van der Waals surface area contributed by atoms with E-state index in [1.54, 1.807) is 7.11 Å². The van der Waals surface area contributed by atoms with Crippen molar-refractivity contribution in [3.8, 4) is 0 Å². The Kier molecular flexibility index (Phi) is 12.4. The molecule has 3 rings (SSSR count). The average Bonchev–Trinajstić information content (AvgIpc) is 2.86. The molecule has 9 heteroatoms. The molecule has 0 aliphatic carbocycles. The van der Waals surface area contributed by atoms with Gasteiger partial charge in [-0.15, -0.1) is 0 Å².